The van der Waals surface area contributed by atoms with Crippen LogP contribution in [0.3, 0.4) is 0 Å². The Kier molecular flexibility index (Phi) is 2.57. The van der Waals surface area contributed by atoms with Crippen LogP contribution >= 0.6 is 0 Å². The zero-order chi connectivity index (χ0) is 14.4. The third-order valence-corrected chi connectivity index (χ3v) is 3.99. The molecule has 0 saturated heterocycles. The molecule has 4 nitrogen and oxygen atoms in total. The standard InChI is InChI=1S/C17H13NO3/c19-17(20)13-5-2-6-14-15(13)18-16(21-14)12-8-7-10-3-1-4-11(10)9-12/h2,5-9H,1,3-4H2,(H,19,20). The number of carbonyl (C=O) groups is 1. The maximum absolute atomic E-state index is 11.2. The summed E-state index contributed by atoms with van der Waals surface area (Å²) in [5.74, 6) is -0.511. The number of aryl methyl sites for hydroxylation is 2. The highest BCUT2D eigenvalue weighted by Crippen LogP contribution is 2.30. The molecule has 4 heteroatoms. The lowest BCUT2D eigenvalue weighted by Gasteiger charge is -2.00. The molecule has 0 spiro atoms. The van der Waals surface area contributed by atoms with Crippen LogP contribution < -0.4 is 0 Å². The monoisotopic (exact) mass is 279 g/mol. The van der Waals surface area contributed by atoms with Gasteiger partial charge in [-0.3, -0.25) is 0 Å². The summed E-state index contributed by atoms with van der Waals surface area (Å²) in [6.45, 7) is 0. The predicted octanol–water partition coefficient (Wildman–Crippen LogP) is 3.68. The number of benzene rings is 2. The maximum Gasteiger partial charge on any atom is 0.338 e. The third-order valence-electron chi connectivity index (χ3n) is 3.99. The molecule has 0 bridgehead atoms. The number of oxazole rings is 1. The van der Waals surface area contributed by atoms with Gasteiger partial charge in [-0.15, -0.1) is 0 Å². The fourth-order valence-electron chi connectivity index (χ4n) is 2.95. The molecule has 0 unspecified atom stereocenters. The SMILES string of the molecule is O=C(O)c1cccc2oc(-c3ccc4c(c3)CCC4)nc12. The molecule has 0 amide bonds. The van der Waals surface area contributed by atoms with Crippen LogP contribution in [-0.4, -0.2) is 16.1 Å². The summed E-state index contributed by atoms with van der Waals surface area (Å²) in [4.78, 5) is 15.6. The minimum absolute atomic E-state index is 0.170. The van der Waals surface area contributed by atoms with E-state index in [-0.39, 0.29) is 5.56 Å². The Labute approximate surface area is 121 Å². The number of rotatable bonds is 2. The van der Waals surface area contributed by atoms with Crippen LogP contribution in [-0.2, 0) is 12.8 Å². The Morgan fingerprint density at radius 3 is 2.86 bits per heavy atom. The number of hydrogen-bond acceptors (Lipinski definition) is 3. The average Bonchev–Trinajstić information content (AvgIpc) is 3.11. The Bertz CT molecular complexity index is 864. The Balaban J connectivity index is 1.87. The highest BCUT2D eigenvalue weighted by molar-refractivity contribution is 6.00. The molecule has 4 rings (SSSR count). The van der Waals surface area contributed by atoms with Crippen LogP contribution in [0.2, 0.25) is 0 Å². The van der Waals surface area contributed by atoms with E-state index in [0.717, 1.165) is 18.4 Å². The normalized spacial score (nSPS) is 13.5. The first-order valence-electron chi connectivity index (χ1n) is 6.97. The molecule has 2 aromatic carbocycles. The minimum Gasteiger partial charge on any atom is -0.478 e. The zero-order valence-electron chi connectivity index (χ0n) is 11.3. The summed E-state index contributed by atoms with van der Waals surface area (Å²) < 4.78 is 5.73. The van der Waals surface area contributed by atoms with Crippen LogP contribution in [0.15, 0.2) is 40.8 Å². The van der Waals surface area contributed by atoms with Gasteiger partial charge in [0.1, 0.15) is 5.52 Å². The largest absolute Gasteiger partial charge is 0.478 e. The predicted molar refractivity (Wildman–Crippen MR) is 78.4 cm³/mol. The van der Waals surface area contributed by atoms with E-state index in [4.69, 9.17) is 4.42 Å². The molecule has 1 aliphatic carbocycles. The van der Waals surface area contributed by atoms with E-state index in [1.165, 1.54) is 17.5 Å². The smallest absolute Gasteiger partial charge is 0.338 e. The van der Waals surface area contributed by atoms with Gasteiger partial charge < -0.3 is 9.52 Å². The number of para-hydroxylation sites is 1. The number of hydrogen-bond donors (Lipinski definition) is 1. The number of aromatic carboxylic acids is 1. The summed E-state index contributed by atoms with van der Waals surface area (Å²) in [7, 11) is 0. The summed E-state index contributed by atoms with van der Waals surface area (Å²) in [5, 5.41) is 9.21. The van der Waals surface area contributed by atoms with Crippen molar-refractivity contribution in [1.82, 2.24) is 4.98 Å². The van der Waals surface area contributed by atoms with Gasteiger partial charge in [0, 0.05) is 5.56 Å². The lowest BCUT2D eigenvalue weighted by atomic mass is 10.1. The highest BCUT2D eigenvalue weighted by atomic mass is 16.4. The van der Waals surface area contributed by atoms with Gasteiger partial charge in [0.25, 0.3) is 0 Å². The van der Waals surface area contributed by atoms with E-state index in [9.17, 15) is 9.90 Å². The van der Waals surface area contributed by atoms with Crippen molar-refractivity contribution in [3.05, 3.63) is 53.1 Å². The topological polar surface area (TPSA) is 63.3 Å². The number of carboxylic acid groups (broad SMARTS) is 1. The Morgan fingerprint density at radius 1 is 1.14 bits per heavy atom. The van der Waals surface area contributed by atoms with Gasteiger partial charge in [-0.05, 0) is 54.7 Å². The third kappa shape index (κ3) is 1.91. The summed E-state index contributed by atoms with van der Waals surface area (Å²) in [6.07, 6.45) is 3.41. The lowest BCUT2D eigenvalue weighted by molar-refractivity contribution is 0.0699. The molecule has 21 heavy (non-hydrogen) atoms. The van der Waals surface area contributed by atoms with Gasteiger partial charge in [0.05, 0.1) is 5.56 Å². The molecule has 1 N–H and O–H groups in total. The van der Waals surface area contributed by atoms with Crippen LogP contribution in [0.25, 0.3) is 22.6 Å². The van der Waals surface area contributed by atoms with E-state index in [1.54, 1.807) is 18.2 Å². The molecule has 0 fully saturated rings. The second-order valence-electron chi connectivity index (χ2n) is 5.31. The minimum atomic E-state index is -0.991. The molecular formula is C17H13NO3. The average molecular weight is 279 g/mol. The van der Waals surface area contributed by atoms with Crippen molar-refractivity contribution in [2.75, 3.05) is 0 Å². The maximum atomic E-state index is 11.2. The number of carboxylic acids is 1. The van der Waals surface area contributed by atoms with Crippen molar-refractivity contribution in [2.45, 2.75) is 19.3 Å². The summed E-state index contributed by atoms with van der Waals surface area (Å²) >= 11 is 0. The van der Waals surface area contributed by atoms with Crippen LogP contribution in [0, 0.1) is 0 Å². The van der Waals surface area contributed by atoms with Crippen molar-refractivity contribution >= 4 is 17.1 Å². The van der Waals surface area contributed by atoms with Crippen molar-refractivity contribution in [3.8, 4) is 11.5 Å². The van der Waals surface area contributed by atoms with Crippen LogP contribution in [0.4, 0.5) is 0 Å². The van der Waals surface area contributed by atoms with Gasteiger partial charge in [-0.25, -0.2) is 9.78 Å². The van der Waals surface area contributed by atoms with Crippen LogP contribution in [0.1, 0.15) is 27.9 Å². The second-order valence-corrected chi connectivity index (χ2v) is 5.31. The van der Waals surface area contributed by atoms with E-state index in [0.29, 0.717) is 17.0 Å². The van der Waals surface area contributed by atoms with Gasteiger partial charge in [0.2, 0.25) is 5.89 Å². The fraction of sp³-hybridized carbons (Fsp3) is 0.176. The Morgan fingerprint density at radius 2 is 2.00 bits per heavy atom. The van der Waals surface area contributed by atoms with Crippen molar-refractivity contribution in [1.29, 1.82) is 0 Å². The van der Waals surface area contributed by atoms with Crippen molar-refractivity contribution < 1.29 is 14.3 Å². The molecule has 1 aliphatic rings. The molecule has 0 saturated carbocycles. The molecule has 104 valence electrons. The molecular weight excluding hydrogens is 266 g/mol. The molecule has 3 aromatic rings. The van der Waals surface area contributed by atoms with Gasteiger partial charge in [-0.1, -0.05) is 12.1 Å². The quantitative estimate of drug-likeness (QED) is 0.777. The molecule has 1 aromatic heterocycles. The lowest BCUT2D eigenvalue weighted by Crippen LogP contribution is -1.96. The summed E-state index contributed by atoms with van der Waals surface area (Å²) in [5.41, 5.74) is 4.71. The van der Waals surface area contributed by atoms with E-state index in [2.05, 4.69) is 17.1 Å². The second kappa shape index (κ2) is 4.45. The van der Waals surface area contributed by atoms with E-state index >= 15 is 0 Å². The number of fused-ring (bicyclic) bond motifs is 2. The fourth-order valence-corrected chi connectivity index (χ4v) is 2.95. The van der Waals surface area contributed by atoms with Gasteiger partial charge in [0.15, 0.2) is 5.58 Å². The first-order valence-corrected chi connectivity index (χ1v) is 6.97. The van der Waals surface area contributed by atoms with Crippen LogP contribution in [0.5, 0.6) is 0 Å². The van der Waals surface area contributed by atoms with Gasteiger partial charge in [-0.2, -0.15) is 0 Å². The van der Waals surface area contributed by atoms with E-state index < -0.39 is 5.97 Å². The highest BCUT2D eigenvalue weighted by Gasteiger charge is 2.17. The number of aromatic nitrogens is 1. The molecule has 0 radical (unpaired) electrons. The zero-order valence-corrected chi connectivity index (χ0v) is 11.3. The molecule has 0 atom stereocenters. The first kappa shape index (κ1) is 12.1. The Hall–Kier alpha value is -2.62. The van der Waals surface area contributed by atoms with Crippen molar-refractivity contribution in [3.63, 3.8) is 0 Å². The molecule has 1 heterocycles. The first-order chi connectivity index (χ1) is 10.2. The van der Waals surface area contributed by atoms with Gasteiger partial charge >= 0.3 is 5.97 Å². The van der Waals surface area contributed by atoms with E-state index in [1.807, 2.05) is 6.07 Å². The van der Waals surface area contributed by atoms with Crippen molar-refractivity contribution in [2.24, 2.45) is 0 Å². The number of nitrogens with zero attached hydrogens (tertiary/aromatic N) is 1. The summed E-state index contributed by atoms with van der Waals surface area (Å²) in [6, 6.07) is 11.2. The molecule has 0 aliphatic heterocycles.